The number of aromatic nitrogens is 2. The van der Waals surface area contributed by atoms with Crippen molar-refractivity contribution in [2.45, 2.75) is 26.3 Å². The SMILES string of the molecule is COc1ccc(C(=O)N2CCC(Cn3c(C)nc4ccccc43)CC2)cc1. The van der Waals surface area contributed by atoms with Crippen LogP contribution in [0.3, 0.4) is 0 Å². The fourth-order valence-electron chi connectivity index (χ4n) is 3.92. The normalized spacial score (nSPS) is 15.3. The summed E-state index contributed by atoms with van der Waals surface area (Å²) < 4.78 is 7.49. The number of rotatable bonds is 4. The molecule has 4 rings (SSSR count). The molecule has 0 radical (unpaired) electrons. The average molecular weight is 363 g/mol. The molecule has 27 heavy (non-hydrogen) atoms. The molecule has 3 aromatic rings. The number of nitrogens with zero attached hydrogens (tertiary/aromatic N) is 3. The number of aryl methyl sites for hydroxylation is 1. The smallest absolute Gasteiger partial charge is 0.253 e. The van der Waals surface area contributed by atoms with Crippen LogP contribution >= 0.6 is 0 Å². The molecular formula is C22H25N3O2. The number of imidazole rings is 1. The lowest BCUT2D eigenvalue weighted by Crippen LogP contribution is -2.39. The van der Waals surface area contributed by atoms with E-state index in [0.717, 1.165) is 55.1 Å². The van der Waals surface area contributed by atoms with Crippen molar-refractivity contribution < 1.29 is 9.53 Å². The lowest BCUT2D eigenvalue weighted by Gasteiger charge is -2.32. The first-order chi connectivity index (χ1) is 13.2. The van der Waals surface area contributed by atoms with Crippen molar-refractivity contribution in [2.75, 3.05) is 20.2 Å². The number of carbonyl (C=O) groups is 1. The zero-order valence-corrected chi connectivity index (χ0v) is 15.9. The highest BCUT2D eigenvalue weighted by Gasteiger charge is 2.24. The molecule has 1 saturated heterocycles. The number of amides is 1. The summed E-state index contributed by atoms with van der Waals surface area (Å²) in [6.45, 7) is 4.65. The van der Waals surface area contributed by atoms with E-state index in [4.69, 9.17) is 4.74 Å². The van der Waals surface area contributed by atoms with E-state index in [1.807, 2.05) is 35.2 Å². The van der Waals surface area contributed by atoms with Crippen LogP contribution in [0.25, 0.3) is 11.0 Å². The molecule has 0 aliphatic carbocycles. The van der Waals surface area contributed by atoms with E-state index >= 15 is 0 Å². The van der Waals surface area contributed by atoms with Crippen molar-refractivity contribution in [2.24, 2.45) is 5.92 Å². The summed E-state index contributed by atoms with van der Waals surface area (Å²) in [6, 6.07) is 15.7. The second kappa shape index (κ2) is 7.43. The molecule has 0 bridgehead atoms. The molecule has 0 N–H and O–H groups in total. The van der Waals surface area contributed by atoms with E-state index in [1.54, 1.807) is 7.11 Å². The Hall–Kier alpha value is -2.82. The highest BCUT2D eigenvalue weighted by atomic mass is 16.5. The summed E-state index contributed by atoms with van der Waals surface area (Å²) >= 11 is 0. The van der Waals surface area contributed by atoms with Crippen LogP contribution in [0.1, 0.15) is 29.0 Å². The first-order valence-electron chi connectivity index (χ1n) is 9.51. The van der Waals surface area contributed by atoms with E-state index in [1.165, 1.54) is 5.52 Å². The highest BCUT2D eigenvalue weighted by molar-refractivity contribution is 5.94. The maximum atomic E-state index is 12.7. The largest absolute Gasteiger partial charge is 0.497 e. The Bertz CT molecular complexity index is 938. The lowest BCUT2D eigenvalue weighted by molar-refractivity contribution is 0.0683. The van der Waals surface area contributed by atoms with Gasteiger partial charge in [-0.1, -0.05) is 12.1 Å². The molecule has 2 aromatic carbocycles. The second-order valence-corrected chi connectivity index (χ2v) is 7.22. The summed E-state index contributed by atoms with van der Waals surface area (Å²) in [5.41, 5.74) is 2.99. The zero-order chi connectivity index (χ0) is 18.8. The predicted octanol–water partition coefficient (Wildman–Crippen LogP) is 3.91. The second-order valence-electron chi connectivity index (χ2n) is 7.22. The maximum absolute atomic E-state index is 12.7. The topological polar surface area (TPSA) is 47.4 Å². The van der Waals surface area contributed by atoms with Crippen molar-refractivity contribution in [3.63, 3.8) is 0 Å². The van der Waals surface area contributed by atoms with E-state index in [0.29, 0.717) is 5.92 Å². The van der Waals surface area contributed by atoms with Crippen molar-refractivity contribution >= 4 is 16.9 Å². The molecule has 1 aromatic heterocycles. The van der Waals surface area contributed by atoms with Crippen LogP contribution in [0.2, 0.25) is 0 Å². The number of hydrogen-bond donors (Lipinski definition) is 0. The summed E-state index contributed by atoms with van der Waals surface area (Å²) in [7, 11) is 1.63. The number of para-hydroxylation sites is 2. The Morgan fingerprint density at radius 1 is 1.11 bits per heavy atom. The van der Waals surface area contributed by atoms with Gasteiger partial charge in [0.2, 0.25) is 0 Å². The minimum absolute atomic E-state index is 0.111. The summed E-state index contributed by atoms with van der Waals surface area (Å²) in [6.07, 6.45) is 2.04. The molecule has 1 aliphatic heterocycles. The Kier molecular flexibility index (Phi) is 4.84. The van der Waals surface area contributed by atoms with Crippen molar-refractivity contribution in [3.05, 3.63) is 59.9 Å². The molecule has 1 amide bonds. The third-order valence-electron chi connectivity index (χ3n) is 5.52. The number of likely N-dealkylation sites (tertiary alicyclic amines) is 1. The van der Waals surface area contributed by atoms with Crippen LogP contribution in [0.5, 0.6) is 5.75 Å². The number of carbonyl (C=O) groups excluding carboxylic acids is 1. The van der Waals surface area contributed by atoms with Gasteiger partial charge in [0.1, 0.15) is 11.6 Å². The molecule has 1 aliphatic rings. The van der Waals surface area contributed by atoms with E-state index in [-0.39, 0.29) is 5.91 Å². The third-order valence-corrected chi connectivity index (χ3v) is 5.52. The van der Waals surface area contributed by atoms with Crippen molar-refractivity contribution in [3.8, 4) is 5.75 Å². The minimum atomic E-state index is 0.111. The molecule has 0 atom stereocenters. The number of ether oxygens (including phenoxy) is 1. The standard InChI is InChI=1S/C22H25N3O2/c1-16-23-20-5-3-4-6-21(20)25(16)15-17-11-13-24(14-12-17)22(26)18-7-9-19(27-2)10-8-18/h3-10,17H,11-15H2,1-2H3. The molecule has 1 fully saturated rings. The van der Waals surface area contributed by atoms with Gasteiger partial charge in [-0.2, -0.15) is 0 Å². The molecule has 0 spiro atoms. The van der Waals surface area contributed by atoms with Crippen LogP contribution in [-0.4, -0.2) is 40.6 Å². The maximum Gasteiger partial charge on any atom is 0.253 e. The van der Waals surface area contributed by atoms with Crippen LogP contribution in [0, 0.1) is 12.8 Å². The zero-order valence-electron chi connectivity index (χ0n) is 15.9. The molecule has 5 heteroatoms. The van der Waals surface area contributed by atoms with Crippen LogP contribution in [-0.2, 0) is 6.54 Å². The Labute approximate surface area is 159 Å². The molecular weight excluding hydrogens is 338 g/mol. The monoisotopic (exact) mass is 363 g/mol. The quantitative estimate of drug-likeness (QED) is 0.706. The predicted molar refractivity (Wildman–Crippen MR) is 106 cm³/mol. The number of hydrogen-bond acceptors (Lipinski definition) is 3. The average Bonchev–Trinajstić information content (AvgIpc) is 3.03. The van der Waals surface area contributed by atoms with Gasteiger partial charge < -0.3 is 14.2 Å². The Morgan fingerprint density at radius 3 is 2.52 bits per heavy atom. The van der Waals surface area contributed by atoms with Gasteiger partial charge in [-0.05, 0) is 62.1 Å². The first kappa shape index (κ1) is 17.6. The van der Waals surface area contributed by atoms with Gasteiger partial charge in [-0.25, -0.2) is 4.98 Å². The number of methoxy groups -OCH3 is 1. The van der Waals surface area contributed by atoms with Gasteiger partial charge in [-0.15, -0.1) is 0 Å². The van der Waals surface area contributed by atoms with Gasteiger partial charge in [-0.3, -0.25) is 4.79 Å². The summed E-state index contributed by atoms with van der Waals surface area (Å²) in [5.74, 6) is 2.52. The van der Waals surface area contributed by atoms with Crippen LogP contribution in [0.4, 0.5) is 0 Å². The minimum Gasteiger partial charge on any atom is -0.497 e. The molecule has 5 nitrogen and oxygen atoms in total. The van der Waals surface area contributed by atoms with Crippen LogP contribution in [0.15, 0.2) is 48.5 Å². The van der Waals surface area contributed by atoms with E-state index in [2.05, 4.69) is 34.7 Å². The van der Waals surface area contributed by atoms with Crippen molar-refractivity contribution in [1.82, 2.24) is 14.5 Å². The summed E-state index contributed by atoms with van der Waals surface area (Å²) in [4.78, 5) is 19.4. The molecule has 140 valence electrons. The van der Waals surface area contributed by atoms with Crippen molar-refractivity contribution in [1.29, 1.82) is 0 Å². The Balaban J connectivity index is 1.39. The van der Waals surface area contributed by atoms with Gasteiger partial charge in [0, 0.05) is 25.2 Å². The third kappa shape index (κ3) is 3.54. The van der Waals surface area contributed by atoms with E-state index in [9.17, 15) is 4.79 Å². The fraction of sp³-hybridized carbons (Fsp3) is 0.364. The first-order valence-corrected chi connectivity index (χ1v) is 9.51. The number of fused-ring (bicyclic) bond motifs is 1. The fourth-order valence-corrected chi connectivity index (χ4v) is 3.92. The lowest BCUT2D eigenvalue weighted by atomic mass is 9.96. The molecule has 2 heterocycles. The van der Waals surface area contributed by atoms with Gasteiger partial charge >= 0.3 is 0 Å². The molecule has 0 unspecified atom stereocenters. The number of benzene rings is 2. The Morgan fingerprint density at radius 2 is 1.81 bits per heavy atom. The van der Waals surface area contributed by atoms with Crippen LogP contribution < -0.4 is 4.74 Å². The van der Waals surface area contributed by atoms with Gasteiger partial charge in [0.15, 0.2) is 0 Å². The summed E-state index contributed by atoms with van der Waals surface area (Å²) in [5, 5.41) is 0. The number of piperidine rings is 1. The van der Waals surface area contributed by atoms with Gasteiger partial charge in [0.25, 0.3) is 5.91 Å². The van der Waals surface area contributed by atoms with Gasteiger partial charge in [0.05, 0.1) is 18.1 Å². The highest BCUT2D eigenvalue weighted by Crippen LogP contribution is 2.24. The van der Waals surface area contributed by atoms with E-state index < -0.39 is 0 Å². The molecule has 0 saturated carbocycles.